The van der Waals surface area contributed by atoms with Crippen LogP contribution in [0.4, 0.5) is 18.9 Å². The minimum Gasteiger partial charge on any atom is -0.406 e. The molecule has 0 radical (unpaired) electrons. The van der Waals surface area contributed by atoms with Gasteiger partial charge in [0.1, 0.15) is 11.6 Å². The summed E-state index contributed by atoms with van der Waals surface area (Å²) in [6.07, 6.45) is -5.05. The van der Waals surface area contributed by atoms with Gasteiger partial charge in [-0.1, -0.05) is 17.3 Å². The number of aliphatic hydroxyl groups excluding tert-OH is 1. The molecule has 5 rings (SSSR count). The molecular weight excluding hydrogens is 453 g/mol. The lowest BCUT2D eigenvalue weighted by molar-refractivity contribution is -0.274. The minimum atomic E-state index is -4.76. The molecule has 3 heterocycles. The minimum absolute atomic E-state index is 0.0933. The monoisotopic (exact) mass is 472 g/mol. The highest BCUT2D eigenvalue weighted by atomic mass is 19.4. The molecule has 1 fully saturated rings. The first kappa shape index (κ1) is 21.9. The number of hydrogen-bond donors (Lipinski definition) is 1. The smallest absolute Gasteiger partial charge is 0.406 e. The summed E-state index contributed by atoms with van der Waals surface area (Å²) in [5, 5.41) is 17.9. The van der Waals surface area contributed by atoms with E-state index in [-0.39, 0.29) is 29.4 Å². The van der Waals surface area contributed by atoms with Crippen LogP contribution in [0.2, 0.25) is 0 Å². The van der Waals surface area contributed by atoms with Crippen LogP contribution in [-0.4, -0.2) is 55.6 Å². The van der Waals surface area contributed by atoms with Gasteiger partial charge in [-0.15, -0.1) is 18.3 Å². The average molecular weight is 472 g/mol. The Balaban J connectivity index is 1.31. The van der Waals surface area contributed by atoms with Crippen molar-refractivity contribution in [3.63, 3.8) is 0 Å². The Morgan fingerprint density at radius 2 is 1.85 bits per heavy atom. The summed E-state index contributed by atoms with van der Waals surface area (Å²) in [5.41, 5.74) is 2.51. The first-order chi connectivity index (χ1) is 16.2. The molecule has 176 valence electrons. The number of rotatable bonds is 6. The molecule has 0 atom stereocenters. The number of alkyl halides is 3. The van der Waals surface area contributed by atoms with E-state index in [2.05, 4.69) is 29.9 Å². The number of aliphatic hydroxyl groups is 1. The summed E-state index contributed by atoms with van der Waals surface area (Å²) in [6, 6.07) is 13.1. The van der Waals surface area contributed by atoms with Crippen LogP contribution in [0.1, 0.15) is 11.4 Å². The number of aryl methyl sites for hydroxylation is 1. The van der Waals surface area contributed by atoms with Crippen LogP contribution in [0.5, 0.6) is 5.75 Å². The fourth-order valence-electron chi connectivity index (χ4n) is 3.59. The highest BCUT2D eigenvalue weighted by molar-refractivity contribution is 5.58. The number of ether oxygens (including phenoxy) is 1. The first-order valence-electron chi connectivity index (χ1n) is 10.4. The zero-order valence-corrected chi connectivity index (χ0v) is 17.9. The molecule has 2 aromatic heterocycles. The number of β-amino-alcohol motifs (C(OH)–C–C–N with tert-alkyl or cyclic N) is 1. The molecule has 1 aliphatic heterocycles. The zero-order valence-electron chi connectivity index (χ0n) is 17.9. The van der Waals surface area contributed by atoms with Gasteiger partial charge in [0.2, 0.25) is 11.6 Å². The van der Waals surface area contributed by atoms with Crippen LogP contribution in [0, 0.1) is 6.92 Å². The first-order valence-corrected chi connectivity index (χ1v) is 10.4. The van der Waals surface area contributed by atoms with Crippen molar-refractivity contribution in [3.05, 3.63) is 59.9 Å². The fraction of sp³-hybridized carbons (Fsp3) is 0.273. The van der Waals surface area contributed by atoms with Crippen LogP contribution >= 0.6 is 0 Å². The van der Waals surface area contributed by atoms with Crippen molar-refractivity contribution in [2.75, 3.05) is 18.0 Å². The van der Waals surface area contributed by atoms with Crippen LogP contribution in [-0.2, 0) is 6.54 Å². The number of halogens is 3. The Morgan fingerprint density at radius 1 is 1.09 bits per heavy atom. The highest BCUT2D eigenvalue weighted by Gasteiger charge is 2.31. The Kier molecular flexibility index (Phi) is 5.44. The molecule has 1 aliphatic rings. The summed E-state index contributed by atoms with van der Waals surface area (Å²) in [5.74, 6) is 0.830. The molecule has 1 N–H and O–H groups in total. The van der Waals surface area contributed by atoms with E-state index in [0.29, 0.717) is 31.0 Å². The van der Waals surface area contributed by atoms with Crippen molar-refractivity contribution in [1.82, 2.24) is 24.9 Å². The predicted molar refractivity (Wildman–Crippen MR) is 114 cm³/mol. The predicted octanol–water partition coefficient (Wildman–Crippen LogP) is 3.43. The Morgan fingerprint density at radius 3 is 2.56 bits per heavy atom. The third kappa shape index (κ3) is 4.71. The van der Waals surface area contributed by atoms with Gasteiger partial charge in [-0.25, -0.2) is 9.67 Å². The maximum atomic E-state index is 12.3. The molecule has 9 nitrogen and oxygen atoms in total. The molecular formula is C22H19F3N6O3. The number of aromatic nitrogens is 5. The molecule has 0 amide bonds. The summed E-state index contributed by atoms with van der Waals surface area (Å²) in [6.45, 7) is 3.52. The van der Waals surface area contributed by atoms with Crippen LogP contribution in [0.3, 0.4) is 0 Å². The molecule has 0 unspecified atom stereocenters. The van der Waals surface area contributed by atoms with Gasteiger partial charge in [0, 0.05) is 24.3 Å². The summed E-state index contributed by atoms with van der Waals surface area (Å²) in [4.78, 5) is 10.8. The van der Waals surface area contributed by atoms with E-state index in [9.17, 15) is 18.3 Å². The summed E-state index contributed by atoms with van der Waals surface area (Å²) < 4.78 is 47.8. The van der Waals surface area contributed by atoms with Gasteiger partial charge >= 0.3 is 6.36 Å². The largest absolute Gasteiger partial charge is 0.573 e. The maximum absolute atomic E-state index is 12.3. The molecule has 0 spiro atoms. The lowest BCUT2D eigenvalue weighted by Crippen LogP contribution is -2.50. The molecule has 0 aliphatic carbocycles. The molecule has 12 heteroatoms. The van der Waals surface area contributed by atoms with Gasteiger partial charge in [-0.05, 0) is 48.9 Å². The van der Waals surface area contributed by atoms with Gasteiger partial charge in [0.05, 0.1) is 12.6 Å². The van der Waals surface area contributed by atoms with Crippen LogP contribution in [0.15, 0.2) is 53.1 Å². The standard InChI is InChI=1S/C22H19F3N6O3/c1-13-26-20(28-31(13)10-14-3-2-4-16(9-14)30-11-17(32)12-30)21-27-19(29-34-21)15-5-7-18(8-6-15)33-22(23,24)25/h2-9,17,32H,10-12H2,1H3. The van der Waals surface area contributed by atoms with Crippen molar-refractivity contribution in [2.24, 2.45) is 0 Å². The topological polar surface area (TPSA) is 102 Å². The second kappa shape index (κ2) is 8.45. The number of nitrogens with zero attached hydrogens (tertiary/aromatic N) is 6. The Bertz CT molecular complexity index is 1300. The summed E-state index contributed by atoms with van der Waals surface area (Å²) in [7, 11) is 0. The molecule has 0 saturated carbocycles. The van der Waals surface area contributed by atoms with Gasteiger partial charge < -0.3 is 19.3 Å². The molecule has 34 heavy (non-hydrogen) atoms. The molecule has 1 saturated heterocycles. The van der Waals surface area contributed by atoms with Gasteiger partial charge in [-0.3, -0.25) is 0 Å². The van der Waals surface area contributed by atoms with E-state index in [1.807, 2.05) is 31.2 Å². The van der Waals surface area contributed by atoms with Gasteiger partial charge in [0.15, 0.2) is 0 Å². The lowest BCUT2D eigenvalue weighted by Gasteiger charge is -2.38. The quantitative estimate of drug-likeness (QED) is 0.456. The molecule has 0 bridgehead atoms. The second-order valence-corrected chi connectivity index (χ2v) is 7.86. The number of anilines is 1. The van der Waals surface area contributed by atoms with Gasteiger partial charge in [0.25, 0.3) is 5.89 Å². The number of benzene rings is 2. The fourth-order valence-corrected chi connectivity index (χ4v) is 3.59. The van der Waals surface area contributed by atoms with E-state index in [1.165, 1.54) is 24.3 Å². The van der Waals surface area contributed by atoms with Crippen molar-refractivity contribution in [2.45, 2.75) is 25.9 Å². The SMILES string of the molecule is Cc1nc(-c2nc(-c3ccc(OC(F)(F)F)cc3)no2)nn1Cc1cccc(N2CC(O)C2)c1. The van der Waals surface area contributed by atoms with Crippen molar-refractivity contribution < 1.29 is 27.5 Å². The van der Waals surface area contributed by atoms with Gasteiger partial charge in [-0.2, -0.15) is 4.98 Å². The third-order valence-corrected chi connectivity index (χ3v) is 5.29. The number of hydrogen-bond acceptors (Lipinski definition) is 8. The van der Waals surface area contributed by atoms with E-state index in [1.54, 1.807) is 4.68 Å². The Hall–Kier alpha value is -3.93. The van der Waals surface area contributed by atoms with Crippen molar-refractivity contribution in [1.29, 1.82) is 0 Å². The summed E-state index contributed by atoms with van der Waals surface area (Å²) >= 11 is 0. The molecule has 4 aromatic rings. The normalized spacial score (nSPS) is 14.3. The van der Waals surface area contributed by atoms with Crippen molar-refractivity contribution >= 4 is 5.69 Å². The second-order valence-electron chi connectivity index (χ2n) is 7.86. The lowest BCUT2D eigenvalue weighted by atomic mass is 10.1. The Labute approximate surface area is 191 Å². The zero-order chi connectivity index (χ0) is 23.9. The van der Waals surface area contributed by atoms with E-state index in [0.717, 1.165) is 11.3 Å². The van der Waals surface area contributed by atoms with E-state index in [4.69, 9.17) is 4.52 Å². The van der Waals surface area contributed by atoms with Crippen molar-refractivity contribution in [3.8, 4) is 28.9 Å². The van der Waals surface area contributed by atoms with Crippen LogP contribution in [0.25, 0.3) is 23.1 Å². The highest BCUT2D eigenvalue weighted by Crippen LogP contribution is 2.27. The average Bonchev–Trinajstić information content (AvgIpc) is 3.39. The van der Waals surface area contributed by atoms with Crippen LogP contribution < -0.4 is 9.64 Å². The van der Waals surface area contributed by atoms with E-state index >= 15 is 0 Å². The maximum Gasteiger partial charge on any atom is 0.573 e. The molecule has 2 aromatic carbocycles. The third-order valence-electron chi connectivity index (χ3n) is 5.29. The van der Waals surface area contributed by atoms with E-state index < -0.39 is 6.36 Å².